The summed E-state index contributed by atoms with van der Waals surface area (Å²) in [5.41, 5.74) is 3.39. The number of halogens is 3. The molecule has 0 bridgehead atoms. The summed E-state index contributed by atoms with van der Waals surface area (Å²) < 4.78 is 53.0. The van der Waals surface area contributed by atoms with Crippen LogP contribution in [-0.2, 0) is 21.1 Å². The van der Waals surface area contributed by atoms with Crippen molar-refractivity contribution in [3.05, 3.63) is 118 Å². The Morgan fingerprint density at radius 1 is 0.974 bits per heavy atom. The fraction of sp³-hybridized carbons (Fsp3) is 0.310. The van der Waals surface area contributed by atoms with E-state index in [0.717, 1.165) is 66.7 Å². The van der Waals surface area contributed by atoms with Crippen LogP contribution in [0.5, 0.6) is 0 Å². The minimum atomic E-state index is -3.83. The van der Waals surface area contributed by atoms with Crippen LogP contribution in [0.3, 0.4) is 0 Å². The quantitative estimate of drug-likeness (QED) is 0.345. The van der Waals surface area contributed by atoms with E-state index in [1.807, 2.05) is 28.8 Å². The molecule has 2 fully saturated rings. The van der Waals surface area contributed by atoms with Gasteiger partial charge < -0.3 is 4.90 Å². The van der Waals surface area contributed by atoms with Gasteiger partial charge in [0.25, 0.3) is 0 Å². The number of rotatable bonds is 7. The zero-order valence-electron chi connectivity index (χ0n) is 21.0. The first-order chi connectivity index (χ1) is 18.1. The molecule has 2 heterocycles. The fourth-order valence-corrected chi connectivity index (χ4v) is 7.99. The number of benzene rings is 3. The van der Waals surface area contributed by atoms with Gasteiger partial charge in [-0.1, -0.05) is 54.6 Å². The summed E-state index contributed by atoms with van der Waals surface area (Å²) in [6.07, 6.45) is 1.09. The molecule has 2 atom stereocenters. The molecule has 0 N–H and O–H groups in total. The Labute approximate surface area is 232 Å². The topological polar surface area (TPSA) is 40.6 Å². The van der Waals surface area contributed by atoms with Crippen molar-refractivity contribution in [2.45, 2.75) is 17.3 Å². The highest BCUT2D eigenvalue weighted by atomic mass is 35.5. The molecule has 0 spiro atoms. The molecule has 0 amide bonds. The standard InChI is InChI=1S/C29H29ClF2N2O2S2/c1-20-29(38(2,35)36,24-15-26(31)17-27(32)16-24)19-34(20)28(23-7-9-25(30)10-8-23)22-5-3-21(4-6-22)18-33-11-13-37-14-12-33/h3-10,15-17,28H,1,11-14,18-19H2,2H3/t28-,29?/m1/s1. The Hall–Kier alpha value is -2.39. The SMILES string of the molecule is C=C1N([C@@H](c2ccc(Cl)cc2)c2ccc(CN3CCSCC3)cc2)CC1(c1cc(F)cc(F)c1)S(C)(=O)=O. The summed E-state index contributed by atoms with van der Waals surface area (Å²) in [4.78, 5) is 4.34. The molecular formula is C29H29ClF2N2O2S2. The number of hydrogen-bond donors (Lipinski definition) is 0. The summed E-state index contributed by atoms with van der Waals surface area (Å²) in [5.74, 6) is 0.633. The van der Waals surface area contributed by atoms with Crippen molar-refractivity contribution in [2.75, 3.05) is 37.4 Å². The molecule has 2 aliphatic heterocycles. The van der Waals surface area contributed by atoms with Gasteiger partial charge in [0.15, 0.2) is 14.6 Å². The Kier molecular flexibility index (Phi) is 7.61. The van der Waals surface area contributed by atoms with Crippen LogP contribution >= 0.6 is 23.4 Å². The second-order valence-electron chi connectivity index (χ2n) is 9.92. The monoisotopic (exact) mass is 574 g/mol. The molecule has 2 aliphatic rings. The molecule has 38 heavy (non-hydrogen) atoms. The average Bonchev–Trinajstić information content (AvgIpc) is 2.86. The Morgan fingerprint density at radius 2 is 1.53 bits per heavy atom. The second kappa shape index (κ2) is 10.6. The average molecular weight is 575 g/mol. The van der Waals surface area contributed by atoms with E-state index in [1.165, 1.54) is 5.56 Å². The van der Waals surface area contributed by atoms with Crippen LogP contribution in [0, 0.1) is 11.6 Å². The highest BCUT2D eigenvalue weighted by Crippen LogP contribution is 2.52. The van der Waals surface area contributed by atoms with Crippen LogP contribution in [-0.4, -0.2) is 55.6 Å². The maximum atomic E-state index is 14.2. The summed E-state index contributed by atoms with van der Waals surface area (Å²) in [7, 11) is -3.83. The number of thioether (sulfide) groups is 1. The van der Waals surface area contributed by atoms with Gasteiger partial charge in [-0.15, -0.1) is 0 Å². The summed E-state index contributed by atoms with van der Waals surface area (Å²) >= 11 is 8.14. The summed E-state index contributed by atoms with van der Waals surface area (Å²) in [5, 5.41) is 0.589. The lowest BCUT2D eigenvalue weighted by atomic mass is 9.82. The van der Waals surface area contributed by atoms with Crippen molar-refractivity contribution in [2.24, 2.45) is 0 Å². The van der Waals surface area contributed by atoms with E-state index < -0.39 is 26.2 Å². The van der Waals surface area contributed by atoms with Crippen molar-refractivity contribution in [1.29, 1.82) is 0 Å². The first-order valence-corrected chi connectivity index (χ1v) is 15.8. The molecule has 5 rings (SSSR count). The van der Waals surface area contributed by atoms with Crippen LogP contribution in [0.15, 0.2) is 79.0 Å². The smallest absolute Gasteiger partial charge is 0.164 e. The van der Waals surface area contributed by atoms with Gasteiger partial charge in [0.2, 0.25) is 0 Å². The van der Waals surface area contributed by atoms with E-state index in [9.17, 15) is 17.2 Å². The molecule has 200 valence electrons. The molecule has 0 aromatic heterocycles. The van der Waals surface area contributed by atoms with Crippen molar-refractivity contribution >= 4 is 33.2 Å². The first kappa shape index (κ1) is 27.2. The zero-order chi connectivity index (χ0) is 27.1. The van der Waals surface area contributed by atoms with E-state index in [-0.39, 0.29) is 23.8 Å². The van der Waals surface area contributed by atoms with Crippen molar-refractivity contribution in [1.82, 2.24) is 9.80 Å². The second-order valence-corrected chi connectivity index (χ2v) is 13.8. The lowest BCUT2D eigenvalue weighted by molar-refractivity contribution is 0.157. The largest absolute Gasteiger partial charge is 0.360 e. The van der Waals surface area contributed by atoms with E-state index >= 15 is 0 Å². The highest BCUT2D eigenvalue weighted by Gasteiger charge is 2.58. The van der Waals surface area contributed by atoms with Gasteiger partial charge in [-0.25, -0.2) is 17.2 Å². The normalized spacial score (nSPS) is 21.3. The third-order valence-corrected chi connectivity index (χ3v) is 10.5. The highest BCUT2D eigenvalue weighted by molar-refractivity contribution is 7.99. The minimum absolute atomic E-state index is 0.00799. The Morgan fingerprint density at radius 3 is 2.05 bits per heavy atom. The summed E-state index contributed by atoms with van der Waals surface area (Å²) in [6, 6.07) is 18.3. The van der Waals surface area contributed by atoms with Gasteiger partial charge in [-0.3, -0.25) is 4.90 Å². The van der Waals surface area contributed by atoms with Gasteiger partial charge in [-0.05, 0) is 46.5 Å². The van der Waals surface area contributed by atoms with E-state index in [0.29, 0.717) is 5.02 Å². The van der Waals surface area contributed by atoms with Crippen LogP contribution in [0.2, 0.25) is 5.02 Å². The van der Waals surface area contributed by atoms with Gasteiger partial charge in [0, 0.05) is 60.7 Å². The number of likely N-dealkylation sites (tertiary alicyclic amines) is 1. The van der Waals surface area contributed by atoms with Crippen molar-refractivity contribution in [3.8, 4) is 0 Å². The summed E-state index contributed by atoms with van der Waals surface area (Å²) in [6.45, 7) is 7.18. The van der Waals surface area contributed by atoms with E-state index in [4.69, 9.17) is 11.6 Å². The molecule has 4 nitrogen and oxygen atoms in total. The molecule has 3 aromatic rings. The van der Waals surface area contributed by atoms with Crippen molar-refractivity contribution < 1.29 is 17.2 Å². The molecule has 2 saturated heterocycles. The molecule has 1 unspecified atom stereocenters. The number of hydrogen-bond acceptors (Lipinski definition) is 5. The lowest BCUT2D eigenvalue weighted by Crippen LogP contribution is -2.61. The van der Waals surface area contributed by atoms with Crippen LogP contribution in [0.25, 0.3) is 0 Å². The number of sulfone groups is 1. The van der Waals surface area contributed by atoms with Crippen LogP contribution in [0.4, 0.5) is 8.78 Å². The Balaban J connectivity index is 1.50. The van der Waals surface area contributed by atoms with Gasteiger partial charge in [0.05, 0.1) is 6.04 Å². The van der Waals surface area contributed by atoms with Crippen LogP contribution in [0.1, 0.15) is 28.3 Å². The molecule has 9 heteroatoms. The maximum Gasteiger partial charge on any atom is 0.164 e. The predicted octanol–water partition coefficient (Wildman–Crippen LogP) is 6.03. The van der Waals surface area contributed by atoms with Crippen molar-refractivity contribution in [3.63, 3.8) is 0 Å². The maximum absolute atomic E-state index is 14.2. The predicted molar refractivity (Wildman–Crippen MR) is 151 cm³/mol. The molecule has 0 saturated carbocycles. The molecule has 0 radical (unpaired) electrons. The van der Waals surface area contributed by atoms with E-state index in [2.05, 4.69) is 35.7 Å². The van der Waals surface area contributed by atoms with Crippen LogP contribution < -0.4 is 0 Å². The third-order valence-electron chi connectivity index (χ3n) is 7.47. The number of nitrogens with zero attached hydrogens (tertiary/aromatic N) is 2. The third kappa shape index (κ3) is 5.11. The molecule has 3 aromatic carbocycles. The lowest BCUT2D eigenvalue weighted by Gasteiger charge is -2.55. The van der Waals surface area contributed by atoms with Gasteiger partial charge in [-0.2, -0.15) is 11.8 Å². The van der Waals surface area contributed by atoms with Gasteiger partial charge >= 0.3 is 0 Å². The Bertz CT molecular complexity index is 1420. The fourth-order valence-electron chi connectivity index (χ4n) is 5.42. The zero-order valence-corrected chi connectivity index (χ0v) is 23.4. The molecule has 0 aliphatic carbocycles. The molecular weight excluding hydrogens is 546 g/mol. The minimum Gasteiger partial charge on any atom is -0.360 e. The van der Waals surface area contributed by atoms with E-state index in [1.54, 1.807) is 12.1 Å². The first-order valence-electron chi connectivity index (χ1n) is 12.3. The van der Waals surface area contributed by atoms with Gasteiger partial charge in [0.1, 0.15) is 11.6 Å².